The van der Waals surface area contributed by atoms with Crippen LogP contribution in [0.2, 0.25) is 0 Å². The predicted molar refractivity (Wildman–Crippen MR) is 111 cm³/mol. The zero-order valence-electron chi connectivity index (χ0n) is 16.0. The van der Waals surface area contributed by atoms with Crippen LogP contribution in [0.5, 0.6) is 5.75 Å². The molecule has 1 atom stereocenters. The Hall–Kier alpha value is -1.85. The number of carbonyl (C=O) groups is 1. The lowest BCUT2D eigenvalue weighted by atomic mass is 10.2. The van der Waals surface area contributed by atoms with E-state index in [2.05, 4.69) is 60.8 Å². The Kier molecular flexibility index (Phi) is 7.23. The number of nitrogens with zero attached hydrogens (tertiary/aromatic N) is 1. The molecule has 1 N–H and O–H groups in total. The van der Waals surface area contributed by atoms with Crippen molar-refractivity contribution in [2.45, 2.75) is 52.9 Å². The van der Waals surface area contributed by atoms with Gasteiger partial charge in [-0.05, 0) is 77.1 Å². The summed E-state index contributed by atoms with van der Waals surface area (Å²) < 4.78 is 6.94. The van der Waals surface area contributed by atoms with Crippen molar-refractivity contribution in [3.63, 3.8) is 0 Å². The second-order valence-electron chi connectivity index (χ2n) is 6.84. The molecule has 0 fully saturated rings. The number of halogens is 1. The summed E-state index contributed by atoms with van der Waals surface area (Å²) in [6, 6.07) is 15.6. The highest BCUT2D eigenvalue weighted by Gasteiger charge is 2.21. The smallest absolute Gasteiger partial charge is 0.255 e. The molecular formula is C21H27BrN2O2. The Balaban J connectivity index is 2.00. The predicted octanol–water partition coefficient (Wildman–Crippen LogP) is 5.55. The molecule has 0 saturated carbocycles. The van der Waals surface area contributed by atoms with Gasteiger partial charge < -0.3 is 10.1 Å². The average Bonchev–Trinajstić information content (AvgIpc) is 2.56. The van der Waals surface area contributed by atoms with Gasteiger partial charge in [0, 0.05) is 27.8 Å². The Morgan fingerprint density at radius 3 is 2.15 bits per heavy atom. The van der Waals surface area contributed by atoms with Gasteiger partial charge in [0.1, 0.15) is 12.0 Å². The summed E-state index contributed by atoms with van der Waals surface area (Å²) in [5.41, 5.74) is 1.34. The van der Waals surface area contributed by atoms with E-state index < -0.39 is 0 Å². The van der Waals surface area contributed by atoms with E-state index in [1.54, 1.807) is 12.1 Å². The second kappa shape index (κ2) is 9.19. The van der Waals surface area contributed by atoms with Crippen molar-refractivity contribution in [3.8, 4) is 5.75 Å². The molecular weight excluding hydrogens is 392 g/mol. The first-order valence-corrected chi connectivity index (χ1v) is 9.68. The highest BCUT2D eigenvalue weighted by atomic mass is 79.9. The van der Waals surface area contributed by atoms with Crippen LogP contribution < -0.4 is 10.1 Å². The van der Waals surface area contributed by atoms with Gasteiger partial charge in [-0.3, -0.25) is 9.69 Å². The summed E-state index contributed by atoms with van der Waals surface area (Å²) in [4.78, 5) is 14.6. The van der Waals surface area contributed by atoms with Crippen LogP contribution in [0.25, 0.3) is 0 Å². The molecule has 26 heavy (non-hydrogen) atoms. The van der Waals surface area contributed by atoms with Gasteiger partial charge in [-0.2, -0.15) is 0 Å². The van der Waals surface area contributed by atoms with Crippen molar-refractivity contribution < 1.29 is 9.53 Å². The maximum atomic E-state index is 12.3. The molecule has 140 valence electrons. The van der Waals surface area contributed by atoms with Crippen LogP contribution >= 0.6 is 15.9 Å². The molecule has 0 bridgehead atoms. The van der Waals surface area contributed by atoms with Crippen LogP contribution in [0.1, 0.15) is 45.0 Å². The van der Waals surface area contributed by atoms with E-state index in [1.165, 1.54) is 0 Å². The van der Waals surface area contributed by atoms with E-state index >= 15 is 0 Å². The molecule has 2 aromatic rings. The molecule has 0 heterocycles. The van der Waals surface area contributed by atoms with Crippen LogP contribution in [0.3, 0.4) is 0 Å². The van der Waals surface area contributed by atoms with Gasteiger partial charge in [-0.15, -0.1) is 0 Å². The van der Waals surface area contributed by atoms with E-state index in [-0.39, 0.29) is 12.1 Å². The minimum absolute atomic E-state index is 0.0305. The van der Waals surface area contributed by atoms with E-state index in [9.17, 15) is 4.79 Å². The molecule has 0 aliphatic rings. The maximum absolute atomic E-state index is 12.3. The third-order valence-electron chi connectivity index (χ3n) is 4.12. The van der Waals surface area contributed by atoms with E-state index in [0.29, 0.717) is 17.6 Å². The Labute approximate surface area is 164 Å². The van der Waals surface area contributed by atoms with Crippen molar-refractivity contribution in [3.05, 3.63) is 58.6 Å². The van der Waals surface area contributed by atoms with Gasteiger partial charge >= 0.3 is 0 Å². The second-order valence-corrected chi connectivity index (χ2v) is 7.76. The average molecular weight is 419 g/mol. The summed E-state index contributed by atoms with van der Waals surface area (Å²) in [5, 5.41) is 2.90. The Morgan fingerprint density at radius 1 is 1.00 bits per heavy atom. The van der Waals surface area contributed by atoms with Crippen molar-refractivity contribution in [2.75, 3.05) is 5.32 Å². The largest absolute Gasteiger partial charge is 0.475 e. The minimum atomic E-state index is -0.140. The first kappa shape index (κ1) is 20.5. The number of nitrogens with one attached hydrogen (secondary N) is 1. The fourth-order valence-corrected chi connectivity index (χ4v) is 3.54. The fraction of sp³-hybridized carbons (Fsp3) is 0.381. The van der Waals surface area contributed by atoms with Gasteiger partial charge in [-0.1, -0.05) is 22.0 Å². The zero-order chi connectivity index (χ0) is 19.3. The number of ether oxygens (including phenoxy) is 1. The molecule has 0 saturated heterocycles. The van der Waals surface area contributed by atoms with Gasteiger partial charge in [0.05, 0.1) is 0 Å². The first-order chi connectivity index (χ1) is 12.3. The third kappa shape index (κ3) is 5.58. The lowest BCUT2D eigenvalue weighted by Crippen LogP contribution is -2.46. The van der Waals surface area contributed by atoms with E-state index in [1.807, 2.05) is 36.4 Å². The minimum Gasteiger partial charge on any atom is -0.475 e. The van der Waals surface area contributed by atoms with Gasteiger partial charge in [-0.25, -0.2) is 0 Å². The molecule has 1 amide bonds. The summed E-state index contributed by atoms with van der Waals surface area (Å²) in [6.45, 7) is 10.7. The molecule has 0 spiro atoms. The van der Waals surface area contributed by atoms with Crippen LogP contribution in [0.15, 0.2) is 53.0 Å². The number of rotatable bonds is 7. The number of hydrogen-bond acceptors (Lipinski definition) is 3. The van der Waals surface area contributed by atoms with Crippen molar-refractivity contribution in [1.82, 2.24) is 4.90 Å². The zero-order valence-corrected chi connectivity index (χ0v) is 17.6. The summed E-state index contributed by atoms with van der Waals surface area (Å²) in [6.07, 6.45) is -0.0305. The number of anilines is 1. The molecule has 1 unspecified atom stereocenters. The van der Waals surface area contributed by atoms with Gasteiger partial charge in [0.2, 0.25) is 0 Å². The van der Waals surface area contributed by atoms with Crippen LogP contribution in [-0.4, -0.2) is 29.1 Å². The normalized spacial score (nSPS) is 12.5. The number of carbonyl (C=O) groups excluding carboxylic acids is 1. The van der Waals surface area contributed by atoms with Crippen molar-refractivity contribution in [2.24, 2.45) is 0 Å². The Morgan fingerprint density at radius 2 is 1.62 bits per heavy atom. The number of hydrogen-bond donors (Lipinski definition) is 1. The summed E-state index contributed by atoms with van der Waals surface area (Å²) in [7, 11) is 0. The monoisotopic (exact) mass is 418 g/mol. The fourth-order valence-electron chi connectivity index (χ4n) is 3.14. The number of benzene rings is 2. The van der Waals surface area contributed by atoms with Crippen LogP contribution in [-0.2, 0) is 0 Å². The maximum Gasteiger partial charge on any atom is 0.255 e. The van der Waals surface area contributed by atoms with E-state index in [4.69, 9.17) is 4.74 Å². The molecule has 4 nitrogen and oxygen atoms in total. The SMILES string of the molecule is CC(C)N(C(C)C)C(C)Oc1ccc(NC(=O)c2cccc(Br)c2)cc1. The molecule has 0 aromatic heterocycles. The molecule has 5 heteroatoms. The highest BCUT2D eigenvalue weighted by molar-refractivity contribution is 9.10. The molecule has 2 aromatic carbocycles. The third-order valence-corrected chi connectivity index (χ3v) is 4.61. The topological polar surface area (TPSA) is 41.6 Å². The highest BCUT2D eigenvalue weighted by Crippen LogP contribution is 2.21. The van der Waals surface area contributed by atoms with Crippen molar-refractivity contribution >= 4 is 27.5 Å². The van der Waals surface area contributed by atoms with Gasteiger partial charge in [0.25, 0.3) is 5.91 Å². The van der Waals surface area contributed by atoms with Crippen LogP contribution in [0, 0.1) is 0 Å². The summed E-state index contributed by atoms with van der Waals surface area (Å²) >= 11 is 3.38. The first-order valence-electron chi connectivity index (χ1n) is 8.89. The van der Waals surface area contributed by atoms with E-state index in [0.717, 1.165) is 15.9 Å². The van der Waals surface area contributed by atoms with Crippen LogP contribution in [0.4, 0.5) is 5.69 Å². The number of amides is 1. The standard InChI is InChI=1S/C21H27BrN2O2/c1-14(2)24(15(3)4)16(5)26-20-11-9-19(10-12-20)23-21(25)17-7-6-8-18(22)13-17/h6-16H,1-5H3,(H,23,25). The molecule has 0 aliphatic carbocycles. The molecule has 0 radical (unpaired) electrons. The van der Waals surface area contributed by atoms with Crippen molar-refractivity contribution in [1.29, 1.82) is 0 Å². The quantitative estimate of drug-likeness (QED) is 0.599. The lowest BCUT2D eigenvalue weighted by molar-refractivity contribution is -0.00560. The molecule has 0 aliphatic heterocycles. The summed E-state index contributed by atoms with van der Waals surface area (Å²) in [5.74, 6) is 0.642. The lowest BCUT2D eigenvalue weighted by Gasteiger charge is -2.36. The van der Waals surface area contributed by atoms with Gasteiger partial charge in [0.15, 0.2) is 0 Å². The molecule has 2 rings (SSSR count). The Bertz CT molecular complexity index is 721.